The normalized spacial score (nSPS) is 11.6. The highest BCUT2D eigenvalue weighted by molar-refractivity contribution is 5.94. The number of halogens is 3. The summed E-state index contributed by atoms with van der Waals surface area (Å²) in [4.78, 5) is 17.0. The van der Waals surface area contributed by atoms with E-state index in [2.05, 4.69) is 9.97 Å². The van der Waals surface area contributed by atoms with Crippen molar-refractivity contribution >= 4 is 5.78 Å². The molecule has 1 aromatic carbocycles. The Kier molecular flexibility index (Phi) is 2.94. The number of aromatic amines is 1. The third kappa shape index (κ3) is 2.42. The first-order chi connectivity index (χ1) is 8.38. The van der Waals surface area contributed by atoms with Crippen molar-refractivity contribution in [3.8, 4) is 11.4 Å². The second kappa shape index (κ2) is 4.29. The maximum atomic E-state index is 12.4. The van der Waals surface area contributed by atoms with Crippen LogP contribution in [0.5, 0.6) is 0 Å². The van der Waals surface area contributed by atoms with Crippen LogP contribution in [-0.2, 0) is 6.18 Å². The number of Topliss-reactive ketones (excluding diaryl/α,β-unsaturated/α-hetero) is 1. The summed E-state index contributed by atoms with van der Waals surface area (Å²) < 4.78 is 37.1. The van der Waals surface area contributed by atoms with E-state index in [1.54, 1.807) is 24.3 Å². The molecule has 0 saturated carbocycles. The van der Waals surface area contributed by atoms with Crippen molar-refractivity contribution in [2.75, 3.05) is 0 Å². The van der Waals surface area contributed by atoms with Gasteiger partial charge in [0.05, 0.1) is 0 Å². The number of nitrogens with one attached hydrogen (secondary N) is 1. The molecule has 0 aliphatic heterocycles. The summed E-state index contributed by atoms with van der Waals surface area (Å²) in [6, 6.07) is 6.20. The molecule has 6 heteroatoms. The average molecular weight is 254 g/mol. The van der Waals surface area contributed by atoms with Crippen molar-refractivity contribution in [3.05, 3.63) is 41.7 Å². The second-order valence-electron chi connectivity index (χ2n) is 3.77. The molecule has 0 fully saturated rings. The molecular formula is C12H9F3N2O. The Morgan fingerprint density at radius 1 is 1.22 bits per heavy atom. The fourth-order valence-electron chi connectivity index (χ4n) is 1.48. The molecule has 0 atom stereocenters. The van der Waals surface area contributed by atoms with Gasteiger partial charge >= 0.3 is 6.18 Å². The van der Waals surface area contributed by atoms with Crippen LogP contribution in [0.25, 0.3) is 11.4 Å². The lowest BCUT2D eigenvalue weighted by Gasteiger charge is -2.00. The van der Waals surface area contributed by atoms with E-state index in [4.69, 9.17) is 0 Å². The average Bonchev–Trinajstić information content (AvgIpc) is 2.78. The molecule has 18 heavy (non-hydrogen) atoms. The Hall–Kier alpha value is -2.11. The Morgan fingerprint density at radius 3 is 2.28 bits per heavy atom. The predicted molar refractivity (Wildman–Crippen MR) is 59.0 cm³/mol. The SMILES string of the molecule is CC(=O)c1ccc(-c2nc(C(F)(F)F)c[nH]2)cc1. The van der Waals surface area contributed by atoms with Crippen LogP contribution in [0.2, 0.25) is 0 Å². The first kappa shape index (κ1) is 12.3. The largest absolute Gasteiger partial charge is 0.434 e. The van der Waals surface area contributed by atoms with Gasteiger partial charge in [0.1, 0.15) is 5.82 Å². The van der Waals surface area contributed by atoms with Gasteiger partial charge in [-0.2, -0.15) is 13.2 Å². The number of nitrogens with zero attached hydrogens (tertiary/aromatic N) is 1. The van der Waals surface area contributed by atoms with Crippen molar-refractivity contribution in [2.24, 2.45) is 0 Å². The van der Waals surface area contributed by atoms with Crippen molar-refractivity contribution in [3.63, 3.8) is 0 Å². The maximum absolute atomic E-state index is 12.4. The number of aromatic nitrogens is 2. The zero-order valence-electron chi connectivity index (χ0n) is 9.38. The van der Waals surface area contributed by atoms with Crippen LogP contribution in [-0.4, -0.2) is 15.8 Å². The first-order valence-corrected chi connectivity index (χ1v) is 5.12. The van der Waals surface area contributed by atoms with E-state index < -0.39 is 11.9 Å². The molecular weight excluding hydrogens is 245 g/mol. The van der Waals surface area contributed by atoms with Crippen molar-refractivity contribution in [1.82, 2.24) is 9.97 Å². The molecule has 0 unspecified atom stereocenters. The zero-order chi connectivity index (χ0) is 13.3. The number of hydrogen-bond donors (Lipinski definition) is 1. The molecule has 0 spiro atoms. The molecule has 2 aromatic rings. The number of hydrogen-bond acceptors (Lipinski definition) is 2. The molecule has 2 rings (SSSR count). The fourth-order valence-corrected chi connectivity index (χ4v) is 1.48. The number of alkyl halides is 3. The van der Waals surface area contributed by atoms with Gasteiger partial charge < -0.3 is 4.98 Å². The summed E-state index contributed by atoms with van der Waals surface area (Å²) in [5.41, 5.74) is 0.0324. The summed E-state index contributed by atoms with van der Waals surface area (Å²) in [5, 5.41) is 0. The molecule has 1 N–H and O–H groups in total. The van der Waals surface area contributed by atoms with Crippen LogP contribution < -0.4 is 0 Å². The first-order valence-electron chi connectivity index (χ1n) is 5.12. The molecule has 0 bridgehead atoms. The standard InChI is InChI=1S/C12H9F3N2O/c1-7(18)8-2-4-9(5-3-8)11-16-6-10(17-11)12(13,14)15/h2-6H,1H3,(H,16,17). The van der Waals surface area contributed by atoms with Crippen LogP contribution in [0.15, 0.2) is 30.5 Å². The maximum Gasteiger partial charge on any atom is 0.434 e. The molecule has 0 aliphatic rings. The number of imidazole rings is 1. The minimum absolute atomic E-state index is 0.100. The van der Waals surface area contributed by atoms with Gasteiger partial charge in [0, 0.05) is 17.3 Å². The van der Waals surface area contributed by atoms with Crippen LogP contribution >= 0.6 is 0 Å². The summed E-state index contributed by atoms with van der Waals surface area (Å²) in [6.45, 7) is 1.42. The molecule has 1 heterocycles. The van der Waals surface area contributed by atoms with Crippen LogP contribution in [0.1, 0.15) is 23.0 Å². The fraction of sp³-hybridized carbons (Fsp3) is 0.167. The molecule has 94 valence electrons. The number of carbonyl (C=O) groups excluding carboxylic acids is 1. The highest BCUT2D eigenvalue weighted by Gasteiger charge is 2.33. The number of benzene rings is 1. The lowest BCUT2D eigenvalue weighted by atomic mass is 10.1. The third-order valence-corrected chi connectivity index (χ3v) is 2.43. The van der Waals surface area contributed by atoms with E-state index >= 15 is 0 Å². The van der Waals surface area contributed by atoms with Gasteiger partial charge in [0.25, 0.3) is 0 Å². The summed E-state index contributed by atoms with van der Waals surface area (Å²) in [7, 11) is 0. The molecule has 1 aromatic heterocycles. The van der Waals surface area contributed by atoms with Crippen LogP contribution in [0.3, 0.4) is 0 Å². The number of ketones is 1. The van der Waals surface area contributed by atoms with Crippen molar-refractivity contribution < 1.29 is 18.0 Å². The molecule has 0 saturated heterocycles. The molecule has 0 aliphatic carbocycles. The van der Waals surface area contributed by atoms with Gasteiger partial charge in [-0.05, 0) is 6.92 Å². The molecule has 0 amide bonds. The smallest absolute Gasteiger partial charge is 0.344 e. The summed E-state index contributed by atoms with van der Waals surface area (Å²) >= 11 is 0. The van der Waals surface area contributed by atoms with Gasteiger partial charge in [0.2, 0.25) is 0 Å². The van der Waals surface area contributed by atoms with Gasteiger partial charge in [-0.25, -0.2) is 4.98 Å². The van der Waals surface area contributed by atoms with Gasteiger partial charge in [-0.1, -0.05) is 24.3 Å². The monoisotopic (exact) mass is 254 g/mol. The van der Waals surface area contributed by atoms with E-state index in [0.29, 0.717) is 11.1 Å². The highest BCUT2D eigenvalue weighted by Crippen LogP contribution is 2.29. The van der Waals surface area contributed by atoms with E-state index in [1.165, 1.54) is 6.92 Å². The van der Waals surface area contributed by atoms with Gasteiger partial charge in [-0.3, -0.25) is 4.79 Å². The van der Waals surface area contributed by atoms with Crippen molar-refractivity contribution in [1.29, 1.82) is 0 Å². The zero-order valence-corrected chi connectivity index (χ0v) is 9.38. The van der Waals surface area contributed by atoms with Gasteiger partial charge in [-0.15, -0.1) is 0 Å². The Morgan fingerprint density at radius 2 is 1.83 bits per heavy atom. The quantitative estimate of drug-likeness (QED) is 0.836. The lowest BCUT2D eigenvalue weighted by Crippen LogP contribution is -2.04. The lowest BCUT2D eigenvalue weighted by molar-refractivity contribution is -0.140. The van der Waals surface area contributed by atoms with E-state index in [0.717, 1.165) is 6.20 Å². The number of H-pyrrole nitrogens is 1. The summed E-state index contributed by atoms with van der Waals surface area (Å²) in [6.07, 6.45) is -3.65. The van der Waals surface area contributed by atoms with E-state index in [1.807, 2.05) is 0 Å². The Labute approximate surface area is 101 Å². The second-order valence-corrected chi connectivity index (χ2v) is 3.77. The highest BCUT2D eigenvalue weighted by atomic mass is 19.4. The number of carbonyl (C=O) groups is 1. The van der Waals surface area contributed by atoms with Crippen molar-refractivity contribution in [2.45, 2.75) is 13.1 Å². The van der Waals surface area contributed by atoms with Crippen LogP contribution in [0.4, 0.5) is 13.2 Å². The molecule has 0 radical (unpaired) electrons. The van der Waals surface area contributed by atoms with E-state index in [-0.39, 0.29) is 11.6 Å². The van der Waals surface area contributed by atoms with Gasteiger partial charge in [0.15, 0.2) is 11.5 Å². The minimum atomic E-state index is -4.46. The summed E-state index contributed by atoms with van der Waals surface area (Å²) in [5.74, 6) is 0.0226. The number of rotatable bonds is 2. The topological polar surface area (TPSA) is 45.8 Å². The third-order valence-electron chi connectivity index (χ3n) is 2.43. The van der Waals surface area contributed by atoms with E-state index in [9.17, 15) is 18.0 Å². The Bertz CT molecular complexity index is 570. The predicted octanol–water partition coefficient (Wildman–Crippen LogP) is 3.30. The van der Waals surface area contributed by atoms with Crippen LogP contribution in [0, 0.1) is 0 Å². The minimum Gasteiger partial charge on any atom is -0.344 e. The molecule has 3 nitrogen and oxygen atoms in total. The Balaban J connectivity index is 2.32.